The molecule has 1 unspecified atom stereocenters. The van der Waals surface area contributed by atoms with Gasteiger partial charge in [0.05, 0.1) is 53.2 Å². The molecule has 0 spiro atoms. The van der Waals surface area contributed by atoms with Gasteiger partial charge in [-0.15, -0.1) is 11.8 Å². The number of nitrogens with one attached hydrogen (secondary N) is 4. The summed E-state index contributed by atoms with van der Waals surface area (Å²) in [6.07, 6.45) is -1.73. The van der Waals surface area contributed by atoms with Crippen LogP contribution in [-0.4, -0.2) is 153 Å². The third-order valence-electron chi connectivity index (χ3n) is 15.1. The number of nitrogens with zero attached hydrogens (tertiary/aromatic N) is 2. The zero-order valence-corrected chi connectivity index (χ0v) is 49.6. The van der Waals surface area contributed by atoms with Crippen LogP contribution >= 0.6 is 11.8 Å². The minimum atomic E-state index is -1.45. The first-order valence-corrected chi connectivity index (χ1v) is 29.3. The molecule has 3 heterocycles. The number of rotatable bonds is 34. The van der Waals surface area contributed by atoms with E-state index in [1.807, 2.05) is 0 Å². The molecule has 10 N–H and O–H groups in total. The summed E-state index contributed by atoms with van der Waals surface area (Å²) in [5.41, 5.74) is 6.61. The van der Waals surface area contributed by atoms with Gasteiger partial charge < -0.3 is 56.3 Å². The summed E-state index contributed by atoms with van der Waals surface area (Å²) < 4.78 is 5.89. The van der Waals surface area contributed by atoms with Gasteiger partial charge in [0.2, 0.25) is 35.4 Å². The number of nitrogens with two attached hydrogens (primary N) is 1. The number of aromatic hydroxyl groups is 1. The van der Waals surface area contributed by atoms with Gasteiger partial charge in [0.25, 0.3) is 0 Å². The number of amides is 6. The quantitative estimate of drug-likeness (QED) is 0.0162. The molecule has 88 heavy (non-hydrogen) atoms. The summed E-state index contributed by atoms with van der Waals surface area (Å²) >= 11 is 0.933. The van der Waals surface area contributed by atoms with Crippen molar-refractivity contribution < 1.29 is 87.2 Å². The molecule has 26 nitrogen and oxygen atoms in total. The maximum Gasteiger partial charge on any atom is 0.336 e. The number of primary amides is 1. The summed E-state index contributed by atoms with van der Waals surface area (Å²) in [4.78, 5) is 189. The molecule has 27 heteroatoms. The number of Topliss-reactive ketones (excluding diaryl/α,β-unsaturated/α-hetero) is 5. The van der Waals surface area contributed by atoms with E-state index in [9.17, 15) is 87.5 Å². The summed E-state index contributed by atoms with van der Waals surface area (Å²) in [5, 5.41) is 47.2. The number of carboxylic acids is 2. The third kappa shape index (κ3) is 17.9. The number of carboxylic acid groups (broad SMARTS) is 2. The minimum Gasteiger partial charge on any atom is -0.508 e. The van der Waals surface area contributed by atoms with E-state index < -0.39 is 155 Å². The number of likely N-dealkylation sites (tertiary alicyclic amines) is 1. The van der Waals surface area contributed by atoms with E-state index in [-0.39, 0.29) is 90.0 Å². The maximum absolute atomic E-state index is 13.8. The number of hydrogen-bond donors (Lipinski definition) is 9. The Morgan fingerprint density at radius 1 is 0.784 bits per heavy atom. The number of aromatic nitrogens is 2. The maximum atomic E-state index is 13.8. The Morgan fingerprint density at radius 2 is 1.48 bits per heavy atom. The molecule has 3 aromatic rings. The second-order valence-corrected chi connectivity index (χ2v) is 23.3. The smallest absolute Gasteiger partial charge is 0.336 e. The monoisotopic (exact) mass is 1240 g/mol. The number of benzene rings is 3. The van der Waals surface area contributed by atoms with Crippen molar-refractivity contribution in [2.75, 3.05) is 12.3 Å². The number of aliphatic hydroxyl groups is 1. The highest BCUT2D eigenvalue weighted by molar-refractivity contribution is 8.00. The summed E-state index contributed by atoms with van der Waals surface area (Å²) in [5.74, 6) is -14.7. The Balaban J connectivity index is 0.978. The average molecular weight is 1240 g/mol. The van der Waals surface area contributed by atoms with E-state index in [2.05, 4.69) is 25.9 Å². The normalized spacial score (nSPS) is 15.9. The molecular formula is C61H69N7O19S. The van der Waals surface area contributed by atoms with Gasteiger partial charge in [0.1, 0.15) is 22.9 Å². The summed E-state index contributed by atoms with van der Waals surface area (Å²) in [6, 6.07) is 8.41. The number of aromatic amines is 1. The SMILES string of the molecule is CC(=O)C[C@@H](CCC(=O)O)C(=O)N[C@@H](Cc1cnc[nH]1)C(=O)C[C@H](C(=O)N[C@@H](C)C(=O)C[C@@H](C)C(=O)N[C@@H](C)C(=O)C[C@@H](CSC1CC(=O)N(CCCC(=O)c2ccc(C(=O)O)c(-c3c4ccc(=O)cc-4oc4cc(O)ccc34)c2)C1=O)C(N)=O)[C@@H](C)O. The third-order valence-corrected chi connectivity index (χ3v) is 16.5. The summed E-state index contributed by atoms with van der Waals surface area (Å²) in [7, 11) is 0. The second kappa shape index (κ2) is 30.4. The van der Waals surface area contributed by atoms with Crippen LogP contribution in [0.3, 0.4) is 0 Å². The predicted molar refractivity (Wildman–Crippen MR) is 315 cm³/mol. The van der Waals surface area contributed by atoms with Gasteiger partial charge in [-0.05, 0) is 82.5 Å². The molecule has 0 bridgehead atoms. The first-order chi connectivity index (χ1) is 41.5. The molecule has 6 rings (SSSR count). The first-order valence-electron chi connectivity index (χ1n) is 28.2. The van der Waals surface area contributed by atoms with Gasteiger partial charge in [-0.3, -0.25) is 62.4 Å². The fraction of sp³-hybridized carbons (Fsp3) is 0.426. The number of thioether (sulfide) groups is 1. The Morgan fingerprint density at radius 3 is 2.11 bits per heavy atom. The van der Waals surface area contributed by atoms with Crippen LogP contribution < -0.4 is 27.1 Å². The average Bonchev–Trinajstić information content (AvgIpc) is 0.932. The van der Waals surface area contributed by atoms with Crippen LogP contribution in [0, 0.1) is 23.7 Å². The molecule has 6 amide bonds. The molecular weight excluding hydrogens is 1170 g/mol. The number of hydrogen-bond acceptors (Lipinski definition) is 19. The zero-order valence-electron chi connectivity index (χ0n) is 48.8. The van der Waals surface area contributed by atoms with E-state index in [1.165, 1.54) is 102 Å². The molecule has 1 aromatic heterocycles. The van der Waals surface area contributed by atoms with Crippen LogP contribution in [0.2, 0.25) is 0 Å². The number of aliphatic hydroxyl groups excluding tert-OH is 1. The van der Waals surface area contributed by atoms with Gasteiger partial charge >= 0.3 is 11.9 Å². The Hall–Kier alpha value is -9.24. The van der Waals surface area contributed by atoms with Gasteiger partial charge in [-0.2, -0.15) is 0 Å². The van der Waals surface area contributed by atoms with Crippen LogP contribution in [0.25, 0.3) is 33.4 Å². The number of imidazole rings is 1. The standard InChI is InChI=1S/C61H69N7O19S/c1-29(17-47(74)31(3)66-59(83)43(33(5)70)24-49(76)45(21-37-26-63-28-64-37)67-58(82)35(18-30(2)69)9-15-54(78)79)57(81)65-32(4)48(75)20-36(56(62)80)27-88-52-25-53(77)68(60(52)84)16-6-7-46(73)34-8-12-40(61(85)86)44(19-34)55-41-13-10-38(71)22-50(41)87-51-23-39(72)11-14-42(51)55/h8,10-14,19,22-23,26,28-29,31-33,35-36,43,45,52,70-71H,6-7,9,15-18,20-21,24-25,27H2,1-5H3,(H2,62,80)(H,63,64)(H,65,81)(H,66,83)(H,67,82)(H,78,79)(H,85,86)/t29-,31+,32+,33-,35-,36+,43+,45+,52?/m1/s1. The lowest BCUT2D eigenvalue weighted by molar-refractivity contribution is -0.139. The van der Waals surface area contributed by atoms with E-state index in [0.717, 1.165) is 16.7 Å². The van der Waals surface area contributed by atoms with Crippen molar-refractivity contribution in [1.82, 2.24) is 30.8 Å². The highest BCUT2D eigenvalue weighted by Gasteiger charge is 2.40. The van der Waals surface area contributed by atoms with E-state index in [0.29, 0.717) is 22.2 Å². The lowest BCUT2D eigenvalue weighted by Gasteiger charge is -2.25. The van der Waals surface area contributed by atoms with Crippen molar-refractivity contribution in [2.45, 2.75) is 128 Å². The highest BCUT2D eigenvalue weighted by Crippen LogP contribution is 2.42. The number of fused-ring (bicyclic) bond motifs is 2. The van der Waals surface area contributed by atoms with Crippen LogP contribution in [-0.2, 0) is 59.2 Å². The highest BCUT2D eigenvalue weighted by atomic mass is 32.2. The molecule has 0 radical (unpaired) electrons. The first kappa shape index (κ1) is 67.9. The Bertz CT molecular complexity index is 3560. The number of phenols is 1. The number of imide groups is 1. The van der Waals surface area contributed by atoms with Crippen molar-refractivity contribution >= 4 is 99.0 Å². The Labute approximate surface area is 507 Å². The van der Waals surface area contributed by atoms with Crippen molar-refractivity contribution in [3.05, 3.63) is 94.2 Å². The van der Waals surface area contributed by atoms with Crippen molar-refractivity contribution in [1.29, 1.82) is 0 Å². The largest absolute Gasteiger partial charge is 0.508 e. The molecule has 2 aliphatic heterocycles. The van der Waals surface area contributed by atoms with Gasteiger partial charge in [0.15, 0.2) is 28.6 Å². The number of aromatic carboxylic acids is 1. The lowest BCUT2D eigenvalue weighted by atomic mass is 9.89. The van der Waals surface area contributed by atoms with Crippen LogP contribution in [0.15, 0.2) is 76.3 Å². The molecule has 2 aromatic carbocycles. The molecule has 0 saturated carbocycles. The fourth-order valence-corrected chi connectivity index (χ4v) is 11.4. The van der Waals surface area contributed by atoms with Crippen LogP contribution in [0.4, 0.5) is 0 Å². The van der Waals surface area contributed by atoms with E-state index in [1.54, 1.807) is 0 Å². The number of phenolic OH excluding ortho intramolecular Hbond substituents is 1. The van der Waals surface area contributed by atoms with Gasteiger partial charge in [0, 0.05) is 122 Å². The summed E-state index contributed by atoms with van der Waals surface area (Å²) in [6.45, 7) is 6.38. The number of ketones is 5. The van der Waals surface area contributed by atoms with E-state index in [4.69, 9.17) is 10.2 Å². The zero-order chi connectivity index (χ0) is 64.8. The number of aliphatic carboxylic acids is 1. The molecule has 3 aliphatic rings. The molecule has 1 saturated heterocycles. The fourth-order valence-electron chi connectivity index (χ4n) is 10.1. The van der Waals surface area contributed by atoms with Crippen molar-refractivity contribution in [3.8, 4) is 28.2 Å². The number of H-pyrrole nitrogens is 1. The second-order valence-electron chi connectivity index (χ2n) is 22.0. The minimum absolute atomic E-state index is 0.0254. The lowest BCUT2D eigenvalue weighted by Crippen LogP contribution is -2.49. The Kier molecular flexibility index (Phi) is 23.5. The molecule has 1 aliphatic carbocycles. The van der Waals surface area contributed by atoms with Gasteiger partial charge in [-0.25, -0.2) is 9.78 Å². The molecule has 468 valence electrons. The molecule has 1 fully saturated rings. The van der Waals surface area contributed by atoms with Crippen LogP contribution in [0.5, 0.6) is 5.75 Å². The van der Waals surface area contributed by atoms with Crippen molar-refractivity contribution in [2.24, 2.45) is 29.4 Å². The number of carbonyl (C=O) groups excluding carboxylic acids is 11. The number of carbonyl (C=O) groups is 13. The van der Waals surface area contributed by atoms with E-state index >= 15 is 0 Å². The van der Waals surface area contributed by atoms with Crippen LogP contribution in [0.1, 0.15) is 119 Å². The topological polar surface area (TPSA) is 427 Å². The van der Waals surface area contributed by atoms with Crippen molar-refractivity contribution in [3.63, 3.8) is 0 Å². The predicted octanol–water partition coefficient (Wildman–Crippen LogP) is 3.32. The molecule has 9 atom stereocenters. The van der Waals surface area contributed by atoms with Gasteiger partial charge in [-0.1, -0.05) is 13.0 Å².